The number of benzene rings is 1. The average molecular weight is 368 g/mol. The zero-order chi connectivity index (χ0) is 17.4. The predicted octanol–water partition coefficient (Wildman–Crippen LogP) is 2.70. The summed E-state index contributed by atoms with van der Waals surface area (Å²) < 4.78 is 0. The Bertz CT molecular complexity index is 533. The molecule has 0 bridgehead atoms. The number of hydrogen-bond donors (Lipinski definition) is 3. The third-order valence-corrected chi connectivity index (χ3v) is 4.79. The van der Waals surface area contributed by atoms with Gasteiger partial charge in [0, 0.05) is 19.5 Å². The number of rotatable bonds is 7. The molecule has 140 valence electrons. The fourth-order valence-electron chi connectivity index (χ4n) is 3.54. The van der Waals surface area contributed by atoms with E-state index in [-0.39, 0.29) is 42.7 Å². The van der Waals surface area contributed by atoms with Crippen LogP contribution in [0, 0.1) is 5.92 Å². The fourth-order valence-corrected chi connectivity index (χ4v) is 3.54. The van der Waals surface area contributed by atoms with Crippen LogP contribution < -0.4 is 16.4 Å². The Morgan fingerprint density at radius 1 is 1.12 bits per heavy atom. The van der Waals surface area contributed by atoms with E-state index in [1.165, 1.54) is 26.2 Å². The Morgan fingerprint density at radius 2 is 1.76 bits per heavy atom. The normalized spacial score (nSPS) is 17.0. The van der Waals surface area contributed by atoms with Crippen molar-refractivity contribution in [2.24, 2.45) is 11.7 Å². The number of carbonyl (C=O) groups excluding carboxylic acids is 2. The lowest BCUT2D eigenvalue weighted by atomic mass is 9.84. The predicted molar refractivity (Wildman–Crippen MR) is 102 cm³/mol. The molecular weight excluding hydrogens is 338 g/mol. The van der Waals surface area contributed by atoms with E-state index in [4.69, 9.17) is 5.73 Å². The SMILES string of the molecule is CC(=O)NC(CC(=O)NC(CN)C1CCCCC1)c1ccccc1.Cl. The molecule has 0 aromatic heterocycles. The first kappa shape index (κ1) is 21.5. The molecule has 1 aromatic rings. The summed E-state index contributed by atoms with van der Waals surface area (Å²) in [4.78, 5) is 24.0. The van der Waals surface area contributed by atoms with E-state index < -0.39 is 0 Å². The van der Waals surface area contributed by atoms with Crippen molar-refractivity contribution in [1.29, 1.82) is 0 Å². The van der Waals surface area contributed by atoms with Crippen LogP contribution in [0.15, 0.2) is 30.3 Å². The van der Waals surface area contributed by atoms with Crippen molar-refractivity contribution >= 4 is 24.2 Å². The van der Waals surface area contributed by atoms with Gasteiger partial charge in [0.25, 0.3) is 0 Å². The largest absolute Gasteiger partial charge is 0.352 e. The minimum absolute atomic E-state index is 0. The lowest BCUT2D eigenvalue weighted by Gasteiger charge is -2.30. The van der Waals surface area contributed by atoms with Crippen molar-refractivity contribution in [3.8, 4) is 0 Å². The number of hydrogen-bond acceptors (Lipinski definition) is 3. The van der Waals surface area contributed by atoms with Gasteiger partial charge in [0.05, 0.1) is 12.5 Å². The zero-order valence-electron chi connectivity index (χ0n) is 14.9. The van der Waals surface area contributed by atoms with Gasteiger partial charge < -0.3 is 16.4 Å². The Morgan fingerprint density at radius 3 is 2.32 bits per heavy atom. The third kappa shape index (κ3) is 7.04. The van der Waals surface area contributed by atoms with E-state index in [2.05, 4.69) is 10.6 Å². The fraction of sp³-hybridized carbons (Fsp3) is 0.579. The molecule has 1 fully saturated rings. The summed E-state index contributed by atoms with van der Waals surface area (Å²) >= 11 is 0. The number of nitrogens with one attached hydrogen (secondary N) is 2. The molecule has 25 heavy (non-hydrogen) atoms. The maximum atomic E-state index is 12.5. The summed E-state index contributed by atoms with van der Waals surface area (Å²) in [5.41, 5.74) is 6.83. The van der Waals surface area contributed by atoms with Gasteiger partial charge in [0.2, 0.25) is 11.8 Å². The molecule has 0 heterocycles. The Kier molecular flexibility index (Phi) is 9.53. The van der Waals surface area contributed by atoms with Crippen molar-refractivity contribution < 1.29 is 9.59 Å². The zero-order valence-corrected chi connectivity index (χ0v) is 15.7. The molecule has 1 saturated carbocycles. The van der Waals surface area contributed by atoms with Crippen LogP contribution in [-0.4, -0.2) is 24.4 Å². The van der Waals surface area contributed by atoms with Gasteiger partial charge >= 0.3 is 0 Å². The summed E-state index contributed by atoms with van der Waals surface area (Å²) in [5, 5.41) is 5.96. The Balaban J connectivity index is 0.00000312. The van der Waals surface area contributed by atoms with Crippen LogP contribution in [0.2, 0.25) is 0 Å². The highest BCUT2D eigenvalue weighted by atomic mass is 35.5. The van der Waals surface area contributed by atoms with Crippen molar-refractivity contribution in [3.63, 3.8) is 0 Å². The molecule has 6 heteroatoms. The van der Waals surface area contributed by atoms with Crippen LogP contribution in [0.1, 0.15) is 57.1 Å². The van der Waals surface area contributed by atoms with E-state index in [9.17, 15) is 9.59 Å². The van der Waals surface area contributed by atoms with Crippen LogP contribution in [0.3, 0.4) is 0 Å². The standard InChI is InChI=1S/C19H29N3O2.ClH/c1-14(23)21-17(15-8-4-2-5-9-15)12-19(24)22-18(13-20)16-10-6-3-7-11-16;/h2,4-5,8-9,16-18H,3,6-7,10-13,20H2,1H3,(H,21,23)(H,22,24);1H. The van der Waals surface area contributed by atoms with Crippen LogP contribution >= 0.6 is 12.4 Å². The van der Waals surface area contributed by atoms with E-state index in [1.807, 2.05) is 30.3 Å². The van der Waals surface area contributed by atoms with Crippen LogP contribution in [0.5, 0.6) is 0 Å². The minimum Gasteiger partial charge on any atom is -0.352 e. The van der Waals surface area contributed by atoms with Crippen LogP contribution in [0.4, 0.5) is 0 Å². The Labute approximate surface area is 156 Å². The van der Waals surface area contributed by atoms with E-state index >= 15 is 0 Å². The van der Waals surface area contributed by atoms with Gasteiger partial charge in [-0.25, -0.2) is 0 Å². The Hall–Kier alpha value is -1.59. The summed E-state index contributed by atoms with van der Waals surface area (Å²) in [5.74, 6) is 0.279. The first-order valence-electron chi connectivity index (χ1n) is 8.91. The van der Waals surface area contributed by atoms with E-state index in [1.54, 1.807) is 0 Å². The van der Waals surface area contributed by atoms with Crippen molar-refractivity contribution in [3.05, 3.63) is 35.9 Å². The van der Waals surface area contributed by atoms with Gasteiger partial charge in [-0.05, 0) is 24.3 Å². The highest BCUT2D eigenvalue weighted by Gasteiger charge is 2.25. The van der Waals surface area contributed by atoms with E-state index in [0.717, 1.165) is 18.4 Å². The van der Waals surface area contributed by atoms with Gasteiger partial charge in [-0.3, -0.25) is 9.59 Å². The monoisotopic (exact) mass is 367 g/mol. The lowest BCUT2D eigenvalue weighted by molar-refractivity contribution is -0.123. The van der Waals surface area contributed by atoms with Gasteiger partial charge in [-0.2, -0.15) is 0 Å². The van der Waals surface area contributed by atoms with Gasteiger partial charge in [-0.1, -0.05) is 49.6 Å². The molecule has 1 aromatic carbocycles. The topological polar surface area (TPSA) is 84.2 Å². The van der Waals surface area contributed by atoms with Crippen LogP contribution in [-0.2, 0) is 9.59 Å². The van der Waals surface area contributed by atoms with Crippen LogP contribution in [0.25, 0.3) is 0 Å². The van der Waals surface area contributed by atoms with Gasteiger partial charge in [0.15, 0.2) is 0 Å². The molecule has 2 unspecified atom stereocenters. The first-order chi connectivity index (χ1) is 11.6. The molecule has 4 N–H and O–H groups in total. The van der Waals surface area contributed by atoms with Gasteiger partial charge in [0.1, 0.15) is 0 Å². The van der Waals surface area contributed by atoms with Crippen molar-refractivity contribution in [1.82, 2.24) is 10.6 Å². The summed E-state index contributed by atoms with van der Waals surface area (Å²) in [7, 11) is 0. The smallest absolute Gasteiger partial charge is 0.222 e. The van der Waals surface area contributed by atoms with Crippen molar-refractivity contribution in [2.45, 2.75) is 57.5 Å². The minimum atomic E-state index is -0.312. The highest BCUT2D eigenvalue weighted by molar-refractivity contribution is 5.85. The maximum absolute atomic E-state index is 12.5. The molecule has 1 aliphatic carbocycles. The molecule has 0 spiro atoms. The number of amides is 2. The average Bonchev–Trinajstić information content (AvgIpc) is 2.60. The third-order valence-electron chi connectivity index (χ3n) is 4.79. The number of nitrogens with two attached hydrogens (primary N) is 1. The molecule has 5 nitrogen and oxygen atoms in total. The second kappa shape index (κ2) is 11.1. The molecule has 1 aliphatic rings. The quantitative estimate of drug-likeness (QED) is 0.692. The summed E-state index contributed by atoms with van der Waals surface area (Å²) in [6.45, 7) is 1.94. The maximum Gasteiger partial charge on any atom is 0.222 e. The van der Waals surface area contributed by atoms with Crippen molar-refractivity contribution in [2.75, 3.05) is 6.54 Å². The second-order valence-corrected chi connectivity index (χ2v) is 6.68. The highest BCUT2D eigenvalue weighted by Crippen LogP contribution is 2.26. The summed E-state index contributed by atoms with van der Waals surface area (Å²) in [6.07, 6.45) is 6.21. The van der Waals surface area contributed by atoms with Gasteiger partial charge in [-0.15, -0.1) is 12.4 Å². The molecule has 2 amide bonds. The second-order valence-electron chi connectivity index (χ2n) is 6.68. The van der Waals surface area contributed by atoms with E-state index in [0.29, 0.717) is 12.5 Å². The lowest BCUT2D eigenvalue weighted by Crippen LogP contribution is -2.46. The molecule has 0 aliphatic heterocycles. The summed E-state index contributed by atoms with van der Waals surface area (Å²) in [6, 6.07) is 9.31. The molecule has 0 saturated heterocycles. The number of carbonyl (C=O) groups is 2. The molecule has 2 rings (SSSR count). The molecule has 0 radical (unpaired) electrons. The number of halogens is 1. The molecule has 2 atom stereocenters. The first-order valence-corrected chi connectivity index (χ1v) is 8.91. The molecular formula is C19H30ClN3O2.